The predicted molar refractivity (Wildman–Crippen MR) is 89.6 cm³/mol. The minimum atomic E-state index is 0.241. The molecule has 0 heterocycles. The first-order chi connectivity index (χ1) is 10.0. The van der Waals surface area contributed by atoms with E-state index in [1.807, 2.05) is 0 Å². The summed E-state index contributed by atoms with van der Waals surface area (Å²) in [4.78, 5) is 0. The van der Waals surface area contributed by atoms with Gasteiger partial charge >= 0.3 is 0 Å². The van der Waals surface area contributed by atoms with Crippen LogP contribution in [0.15, 0.2) is 18.2 Å². The smallest absolute Gasteiger partial charge is 0.0431 e. The largest absolute Gasteiger partial charge is 0.396 e. The summed E-state index contributed by atoms with van der Waals surface area (Å²) in [5.74, 6) is 0. The average Bonchev–Trinajstić information content (AvgIpc) is 2.50. The molecule has 0 amide bonds. The first-order valence-electron chi connectivity index (χ1n) is 8.48. The van der Waals surface area contributed by atoms with Gasteiger partial charge in [-0.2, -0.15) is 0 Å². The molecule has 1 aromatic carbocycles. The van der Waals surface area contributed by atoms with E-state index in [0.717, 1.165) is 19.4 Å². The topological polar surface area (TPSA) is 32.3 Å². The van der Waals surface area contributed by atoms with Gasteiger partial charge < -0.3 is 10.4 Å². The highest BCUT2D eigenvalue weighted by Gasteiger charge is 2.19. The second-order valence-electron chi connectivity index (χ2n) is 7.33. The Hall–Kier alpha value is -0.860. The highest BCUT2D eigenvalue weighted by atomic mass is 16.2. The Morgan fingerprint density at radius 2 is 1.90 bits per heavy atom. The van der Waals surface area contributed by atoms with Gasteiger partial charge in [0.25, 0.3) is 0 Å². The van der Waals surface area contributed by atoms with Gasteiger partial charge in [0.15, 0.2) is 0 Å². The number of aryl methyl sites for hydroxylation is 2. The molecule has 0 saturated heterocycles. The molecule has 1 atom stereocenters. The number of hydrogen-bond donors (Lipinski definition) is 2. The van der Waals surface area contributed by atoms with E-state index in [1.165, 1.54) is 31.2 Å². The van der Waals surface area contributed by atoms with Gasteiger partial charge in [-0.3, -0.25) is 0 Å². The second kappa shape index (κ2) is 7.42. The number of fused-ring (bicyclic) bond motifs is 1. The molecule has 2 N–H and O–H groups in total. The number of aliphatic hydroxyl groups excluding tert-OH is 1. The Labute approximate surface area is 130 Å². The third-order valence-electron chi connectivity index (χ3n) is 4.77. The van der Waals surface area contributed by atoms with Crippen molar-refractivity contribution in [3.05, 3.63) is 34.9 Å². The lowest BCUT2D eigenvalue weighted by Crippen LogP contribution is -2.31. The maximum absolute atomic E-state index is 8.98. The van der Waals surface area contributed by atoms with Crippen LogP contribution >= 0.6 is 0 Å². The number of benzene rings is 1. The minimum Gasteiger partial charge on any atom is -0.396 e. The quantitative estimate of drug-likeness (QED) is 0.795. The van der Waals surface area contributed by atoms with E-state index in [2.05, 4.69) is 44.3 Å². The molecule has 0 spiro atoms. The lowest BCUT2D eigenvalue weighted by molar-refractivity contribution is 0.233. The van der Waals surface area contributed by atoms with Gasteiger partial charge in [0, 0.05) is 19.2 Å². The number of rotatable bonds is 7. The molecule has 0 aromatic heterocycles. The highest BCUT2D eigenvalue weighted by Crippen LogP contribution is 2.26. The number of aliphatic hydroxyl groups is 1. The maximum Gasteiger partial charge on any atom is 0.0431 e. The predicted octanol–water partition coefficient (Wildman–Crippen LogP) is 4.01. The van der Waals surface area contributed by atoms with E-state index in [0.29, 0.717) is 12.6 Å². The van der Waals surface area contributed by atoms with E-state index in [-0.39, 0.29) is 5.41 Å². The van der Waals surface area contributed by atoms with Crippen molar-refractivity contribution in [2.45, 2.75) is 65.3 Å². The maximum atomic E-state index is 8.98. The zero-order valence-corrected chi connectivity index (χ0v) is 13.9. The van der Waals surface area contributed by atoms with Crippen LogP contribution in [0.1, 0.15) is 69.2 Å². The Kier molecular flexibility index (Phi) is 5.83. The van der Waals surface area contributed by atoms with Gasteiger partial charge in [0.1, 0.15) is 0 Å². The summed E-state index contributed by atoms with van der Waals surface area (Å²) in [6.07, 6.45) is 7.14. The van der Waals surface area contributed by atoms with Crippen molar-refractivity contribution >= 4 is 0 Å². The fourth-order valence-corrected chi connectivity index (χ4v) is 3.22. The zero-order chi connectivity index (χ0) is 15.3. The van der Waals surface area contributed by atoms with Gasteiger partial charge in [-0.15, -0.1) is 0 Å². The van der Waals surface area contributed by atoms with Crippen LogP contribution in [0.2, 0.25) is 0 Å². The van der Waals surface area contributed by atoms with E-state index in [1.54, 1.807) is 11.1 Å². The zero-order valence-electron chi connectivity index (χ0n) is 13.9. The SMILES string of the molecule is CC(NCC(C)(C)CCCO)c1ccc2c(c1)CCCC2. The van der Waals surface area contributed by atoms with Crippen LogP contribution in [-0.2, 0) is 12.8 Å². The van der Waals surface area contributed by atoms with Crippen LogP contribution < -0.4 is 5.32 Å². The summed E-state index contributed by atoms with van der Waals surface area (Å²) in [6, 6.07) is 7.43. The summed E-state index contributed by atoms with van der Waals surface area (Å²) in [5, 5.41) is 12.7. The molecule has 1 aliphatic rings. The Bertz CT molecular complexity index is 453. The molecule has 0 radical (unpaired) electrons. The van der Waals surface area contributed by atoms with Crippen LogP contribution in [0.25, 0.3) is 0 Å². The van der Waals surface area contributed by atoms with E-state index in [4.69, 9.17) is 5.11 Å². The van der Waals surface area contributed by atoms with Crippen LogP contribution in [0, 0.1) is 5.41 Å². The van der Waals surface area contributed by atoms with Crippen molar-refractivity contribution in [1.29, 1.82) is 0 Å². The molecule has 1 unspecified atom stereocenters. The summed E-state index contributed by atoms with van der Waals surface area (Å²) in [7, 11) is 0. The normalized spacial score (nSPS) is 16.6. The second-order valence-corrected chi connectivity index (χ2v) is 7.33. The molecule has 2 nitrogen and oxygen atoms in total. The standard InChI is InChI=1S/C19H31NO/c1-15(20-14-19(2,3)11-6-12-21)17-10-9-16-7-4-5-8-18(16)13-17/h9-10,13,15,20-21H,4-8,11-12,14H2,1-3H3. The van der Waals surface area contributed by atoms with Crippen molar-refractivity contribution < 1.29 is 5.11 Å². The van der Waals surface area contributed by atoms with Gasteiger partial charge in [-0.1, -0.05) is 32.0 Å². The van der Waals surface area contributed by atoms with Crippen LogP contribution in [-0.4, -0.2) is 18.3 Å². The minimum absolute atomic E-state index is 0.241. The molecule has 2 heteroatoms. The molecular weight excluding hydrogens is 258 g/mol. The summed E-state index contributed by atoms with van der Waals surface area (Å²) >= 11 is 0. The number of nitrogens with one attached hydrogen (secondary N) is 1. The number of hydrogen-bond acceptors (Lipinski definition) is 2. The van der Waals surface area contributed by atoms with Crippen molar-refractivity contribution in [2.75, 3.05) is 13.2 Å². The molecule has 0 aliphatic heterocycles. The molecule has 118 valence electrons. The Morgan fingerprint density at radius 3 is 2.62 bits per heavy atom. The lowest BCUT2D eigenvalue weighted by atomic mass is 9.87. The molecule has 21 heavy (non-hydrogen) atoms. The summed E-state index contributed by atoms with van der Waals surface area (Å²) < 4.78 is 0. The highest BCUT2D eigenvalue weighted by molar-refractivity contribution is 5.35. The molecule has 0 bridgehead atoms. The van der Waals surface area contributed by atoms with Gasteiger partial charge in [0.2, 0.25) is 0 Å². The first-order valence-corrected chi connectivity index (χ1v) is 8.48. The monoisotopic (exact) mass is 289 g/mol. The van der Waals surface area contributed by atoms with Gasteiger partial charge in [-0.25, -0.2) is 0 Å². The third-order valence-corrected chi connectivity index (χ3v) is 4.77. The first kappa shape index (κ1) is 16.5. The fourth-order valence-electron chi connectivity index (χ4n) is 3.22. The molecule has 0 fully saturated rings. The van der Waals surface area contributed by atoms with Crippen LogP contribution in [0.3, 0.4) is 0 Å². The Balaban J connectivity index is 1.92. The van der Waals surface area contributed by atoms with Crippen molar-refractivity contribution in [2.24, 2.45) is 5.41 Å². The average molecular weight is 289 g/mol. The lowest BCUT2D eigenvalue weighted by Gasteiger charge is -2.28. The van der Waals surface area contributed by atoms with Crippen LogP contribution in [0.5, 0.6) is 0 Å². The Morgan fingerprint density at radius 1 is 1.19 bits per heavy atom. The molecule has 0 saturated carbocycles. The van der Waals surface area contributed by atoms with Crippen molar-refractivity contribution in [1.82, 2.24) is 5.32 Å². The van der Waals surface area contributed by atoms with Crippen molar-refractivity contribution in [3.8, 4) is 0 Å². The molecule has 2 rings (SSSR count). The molecular formula is C19H31NO. The van der Waals surface area contributed by atoms with Crippen molar-refractivity contribution in [3.63, 3.8) is 0 Å². The van der Waals surface area contributed by atoms with E-state index in [9.17, 15) is 0 Å². The van der Waals surface area contributed by atoms with Gasteiger partial charge in [0.05, 0.1) is 0 Å². The molecule has 1 aliphatic carbocycles. The fraction of sp³-hybridized carbons (Fsp3) is 0.684. The van der Waals surface area contributed by atoms with Gasteiger partial charge in [-0.05, 0) is 67.6 Å². The third kappa shape index (κ3) is 4.82. The van der Waals surface area contributed by atoms with E-state index < -0.39 is 0 Å². The molecule has 1 aromatic rings. The summed E-state index contributed by atoms with van der Waals surface area (Å²) in [5.41, 5.74) is 4.77. The van der Waals surface area contributed by atoms with Crippen LogP contribution in [0.4, 0.5) is 0 Å². The summed E-state index contributed by atoms with van der Waals surface area (Å²) in [6.45, 7) is 8.09. The van der Waals surface area contributed by atoms with E-state index >= 15 is 0 Å².